The number of hydrogen-bond acceptors (Lipinski definition) is 11. The Balaban J connectivity index is 1.56. The first-order valence-corrected chi connectivity index (χ1v) is 19.5. The van der Waals surface area contributed by atoms with Crippen molar-refractivity contribution in [2.75, 3.05) is 62.1 Å². The molecule has 8 bridgehead atoms. The van der Waals surface area contributed by atoms with Crippen molar-refractivity contribution in [3.8, 4) is 23.0 Å². The molecule has 15 nitrogen and oxygen atoms in total. The lowest BCUT2D eigenvalue weighted by Gasteiger charge is -2.22. The van der Waals surface area contributed by atoms with Crippen molar-refractivity contribution in [3.05, 3.63) is 146 Å². The maximum absolute atomic E-state index is 12.9. The number of phenols is 1. The van der Waals surface area contributed by atoms with Gasteiger partial charge in [0, 0.05) is 91.2 Å². The van der Waals surface area contributed by atoms with Crippen molar-refractivity contribution in [1.82, 2.24) is 14.7 Å². The second-order valence-corrected chi connectivity index (χ2v) is 15.2. The number of non-ortho nitro benzene ring substituents is 1. The molecule has 0 spiro atoms. The van der Waals surface area contributed by atoms with Crippen molar-refractivity contribution in [3.63, 3.8) is 0 Å². The molecule has 0 radical (unpaired) electrons. The number of aromatic hydroxyl groups is 1. The number of hydrogen-bond donors (Lipinski definition) is 1. The fourth-order valence-corrected chi connectivity index (χ4v) is 6.74. The molecule has 316 valence electrons. The fraction of sp³-hybridized carbons (Fsp3) is 0.283. The molecule has 0 fully saturated rings. The minimum atomic E-state index is -0.493. The molecule has 0 atom stereocenters. The normalized spacial score (nSPS) is 12.0. The summed E-state index contributed by atoms with van der Waals surface area (Å²) in [5.41, 5.74) is 6.02. The van der Waals surface area contributed by atoms with E-state index in [1.807, 2.05) is 54.6 Å². The average molecular weight is 829 g/mol. The summed E-state index contributed by atoms with van der Waals surface area (Å²) in [6.07, 6.45) is 0.890. The van der Waals surface area contributed by atoms with Crippen molar-refractivity contribution in [2.24, 2.45) is 10.2 Å². The van der Waals surface area contributed by atoms with Gasteiger partial charge in [-0.25, -0.2) is 0 Å². The number of nitro groups is 1. The van der Waals surface area contributed by atoms with Crippen molar-refractivity contribution in [2.45, 2.75) is 25.7 Å². The number of benzene rings is 5. The van der Waals surface area contributed by atoms with E-state index in [9.17, 15) is 29.6 Å². The van der Waals surface area contributed by atoms with Gasteiger partial charge < -0.3 is 34.0 Å². The topological polar surface area (TPSA) is 177 Å². The number of amides is 3. The van der Waals surface area contributed by atoms with Crippen LogP contribution in [0.25, 0.3) is 0 Å². The third kappa shape index (κ3) is 10.7. The SMILES string of the molecule is CN(C)C(=O)COc1c2cccc1Cc1cccc(c1OCC(=O)N(C)C)Cc1cccc(c1OCC(=O)N(C)C)Cc1cc(N=Nc3ccc([N+](=O)[O-])cc3)cc(c1O)C2. The second-order valence-electron chi connectivity index (χ2n) is 15.2. The van der Waals surface area contributed by atoms with Gasteiger partial charge in [0.25, 0.3) is 23.4 Å². The van der Waals surface area contributed by atoms with Crippen LogP contribution in [0.1, 0.15) is 44.5 Å². The number of fused-ring (bicyclic) bond motifs is 8. The molecule has 0 aromatic heterocycles. The van der Waals surface area contributed by atoms with Gasteiger partial charge in [-0.3, -0.25) is 24.5 Å². The third-order valence-electron chi connectivity index (χ3n) is 10.2. The Morgan fingerprint density at radius 2 is 0.852 bits per heavy atom. The first-order chi connectivity index (χ1) is 29.2. The number of carbonyl (C=O) groups excluding carboxylic acids is 3. The highest BCUT2D eigenvalue weighted by Crippen LogP contribution is 2.40. The highest BCUT2D eigenvalue weighted by atomic mass is 16.6. The van der Waals surface area contributed by atoms with Gasteiger partial charge >= 0.3 is 0 Å². The minimum Gasteiger partial charge on any atom is -0.507 e. The van der Waals surface area contributed by atoms with E-state index in [1.165, 1.54) is 39.0 Å². The van der Waals surface area contributed by atoms with Gasteiger partial charge in [0.2, 0.25) is 0 Å². The zero-order valence-electron chi connectivity index (χ0n) is 35.0. The van der Waals surface area contributed by atoms with Crippen molar-refractivity contribution < 1.29 is 38.6 Å². The van der Waals surface area contributed by atoms with Gasteiger partial charge in [-0.1, -0.05) is 54.6 Å². The van der Waals surface area contributed by atoms with E-state index < -0.39 is 4.92 Å². The summed E-state index contributed by atoms with van der Waals surface area (Å²) >= 11 is 0. The Hall–Kier alpha value is -7.29. The molecule has 0 aliphatic heterocycles. The molecule has 3 amide bonds. The lowest BCUT2D eigenvalue weighted by atomic mass is 9.91. The Kier molecular flexibility index (Phi) is 13.6. The van der Waals surface area contributed by atoms with Crippen molar-refractivity contribution in [1.29, 1.82) is 0 Å². The van der Waals surface area contributed by atoms with Crippen LogP contribution in [0.5, 0.6) is 23.0 Å². The van der Waals surface area contributed by atoms with Crippen LogP contribution >= 0.6 is 0 Å². The molecule has 5 aromatic carbocycles. The molecule has 61 heavy (non-hydrogen) atoms. The Bertz CT molecular complexity index is 2360. The van der Waals surface area contributed by atoms with Crippen LogP contribution in [-0.2, 0) is 40.1 Å². The highest BCUT2D eigenvalue weighted by Gasteiger charge is 2.23. The smallest absolute Gasteiger partial charge is 0.269 e. The van der Waals surface area contributed by atoms with Crippen molar-refractivity contribution >= 4 is 34.8 Å². The number of azo groups is 1. The summed E-state index contributed by atoms with van der Waals surface area (Å²) in [7, 11) is 9.91. The Morgan fingerprint density at radius 3 is 1.16 bits per heavy atom. The van der Waals surface area contributed by atoms with E-state index in [0.29, 0.717) is 63.7 Å². The van der Waals surface area contributed by atoms with Gasteiger partial charge in [0.15, 0.2) is 19.8 Å². The average Bonchev–Trinajstić information content (AvgIpc) is 3.23. The van der Waals surface area contributed by atoms with Crippen LogP contribution in [0.4, 0.5) is 17.1 Å². The lowest BCUT2D eigenvalue weighted by molar-refractivity contribution is -0.384. The van der Waals surface area contributed by atoms with Crippen LogP contribution < -0.4 is 14.2 Å². The first-order valence-electron chi connectivity index (χ1n) is 19.5. The molecule has 6 rings (SSSR count). The van der Waals surface area contributed by atoms with Crippen LogP contribution in [-0.4, -0.2) is 105 Å². The summed E-state index contributed by atoms with van der Waals surface area (Å²) in [4.78, 5) is 53.8. The molecule has 0 saturated heterocycles. The molecule has 1 aliphatic carbocycles. The van der Waals surface area contributed by atoms with Gasteiger partial charge in [0.1, 0.15) is 23.0 Å². The molecule has 1 aliphatic rings. The minimum absolute atomic E-state index is 0.00529. The van der Waals surface area contributed by atoms with E-state index in [0.717, 1.165) is 22.3 Å². The summed E-state index contributed by atoms with van der Waals surface area (Å²) in [6, 6.07) is 26.2. The van der Waals surface area contributed by atoms with Crippen LogP contribution in [0.3, 0.4) is 0 Å². The van der Waals surface area contributed by atoms with E-state index in [-0.39, 0.29) is 61.8 Å². The molecule has 0 unspecified atom stereocenters. The Morgan fingerprint density at radius 1 is 0.541 bits per heavy atom. The number of rotatable bonds is 12. The van der Waals surface area contributed by atoms with Crippen LogP contribution in [0.2, 0.25) is 0 Å². The van der Waals surface area contributed by atoms with E-state index >= 15 is 0 Å². The van der Waals surface area contributed by atoms with Crippen LogP contribution in [0, 0.1) is 10.1 Å². The van der Waals surface area contributed by atoms with E-state index in [1.54, 1.807) is 54.4 Å². The number of carbonyl (C=O) groups is 3. The third-order valence-corrected chi connectivity index (χ3v) is 10.2. The summed E-state index contributed by atoms with van der Waals surface area (Å²) < 4.78 is 19.1. The second kappa shape index (κ2) is 19.2. The predicted molar refractivity (Wildman–Crippen MR) is 228 cm³/mol. The molecule has 0 saturated carbocycles. The van der Waals surface area contributed by atoms with E-state index in [2.05, 4.69) is 10.2 Å². The number of para-hydroxylation sites is 3. The van der Waals surface area contributed by atoms with E-state index in [4.69, 9.17) is 14.2 Å². The summed E-state index contributed by atoms with van der Waals surface area (Å²) in [5, 5.41) is 32.2. The number of nitro benzene ring substituents is 1. The maximum atomic E-state index is 12.9. The number of phenolic OH excluding ortho intramolecular Hbond substituents is 1. The molecule has 15 heteroatoms. The summed E-state index contributed by atoms with van der Waals surface area (Å²) in [6.45, 7) is -0.700. The number of nitrogens with zero attached hydrogens (tertiary/aromatic N) is 6. The van der Waals surface area contributed by atoms with Gasteiger partial charge in [0.05, 0.1) is 16.3 Å². The van der Waals surface area contributed by atoms with Crippen LogP contribution in [0.15, 0.2) is 101 Å². The Labute approximate surface area is 353 Å². The molecule has 5 aromatic rings. The maximum Gasteiger partial charge on any atom is 0.269 e. The largest absolute Gasteiger partial charge is 0.507 e. The lowest BCUT2D eigenvalue weighted by Crippen LogP contribution is -2.28. The molecular formula is C46H48N6O9. The zero-order chi connectivity index (χ0) is 43.8. The first kappa shape index (κ1) is 43.3. The summed E-state index contributed by atoms with van der Waals surface area (Å²) in [5.74, 6) is 0.692. The number of ether oxygens (including phenoxy) is 3. The molecule has 1 N–H and O–H groups in total. The fourth-order valence-electron chi connectivity index (χ4n) is 6.74. The zero-order valence-corrected chi connectivity index (χ0v) is 35.0. The monoisotopic (exact) mass is 828 g/mol. The number of likely N-dealkylation sites (N-methyl/N-ethyl adjacent to an activating group) is 3. The highest BCUT2D eigenvalue weighted by molar-refractivity contribution is 5.78. The van der Waals surface area contributed by atoms with Gasteiger partial charge in [-0.15, -0.1) is 0 Å². The molecule has 0 heterocycles. The predicted octanol–water partition coefficient (Wildman–Crippen LogP) is 6.79. The standard InChI is InChI=1S/C46H48N6O9/c1-49(2)40(53)26-59-44-29-10-7-11-30(44)21-32-13-9-15-34(46(32)61-28-42(55)51(5)6)23-36-25-38(48-47-37-16-18-39(19-17-37)52(57)58)24-35(43(36)56)22-33-14-8-12-31(20-29)45(33)60-27-41(54)50(3)4/h7-19,24-25,56H,20-23,26-28H2,1-6H3. The molecular weight excluding hydrogens is 781 g/mol. The quantitative estimate of drug-likeness (QED) is 0.0791. The van der Waals surface area contributed by atoms with Gasteiger partial charge in [-0.2, -0.15) is 10.2 Å². The van der Waals surface area contributed by atoms with Gasteiger partial charge in [-0.05, 0) is 57.6 Å².